The van der Waals surface area contributed by atoms with E-state index in [0.29, 0.717) is 16.8 Å². The molecule has 0 spiro atoms. The number of imide groups is 1. The van der Waals surface area contributed by atoms with Gasteiger partial charge in [0.1, 0.15) is 5.70 Å². The molecule has 0 atom stereocenters. The molecule has 5 heteroatoms. The van der Waals surface area contributed by atoms with Crippen LogP contribution in [0.1, 0.15) is 16.7 Å². The van der Waals surface area contributed by atoms with Crippen LogP contribution < -0.4 is 10.2 Å². The van der Waals surface area contributed by atoms with Gasteiger partial charge in [-0.15, -0.1) is 0 Å². The summed E-state index contributed by atoms with van der Waals surface area (Å²) < 4.78 is 0.882. The molecule has 1 N–H and O–H groups in total. The minimum Gasteiger partial charge on any atom is -0.350 e. The first kappa shape index (κ1) is 19.2. The number of carbonyl (C=O) groups excluding carboxylic acids is 2. The number of carbonyl (C=O) groups is 2. The third-order valence-corrected chi connectivity index (χ3v) is 5.30. The van der Waals surface area contributed by atoms with E-state index in [1.54, 1.807) is 12.1 Å². The minimum atomic E-state index is -0.366. The first-order valence-corrected chi connectivity index (χ1v) is 10.0. The third-order valence-electron chi connectivity index (χ3n) is 4.81. The Kier molecular flexibility index (Phi) is 5.07. The Morgan fingerprint density at radius 1 is 0.793 bits per heavy atom. The van der Waals surface area contributed by atoms with E-state index in [9.17, 15) is 9.59 Å². The zero-order valence-corrected chi connectivity index (χ0v) is 17.7. The third kappa shape index (κ3) is 3.74. The lowest BCUT2D eigenvalue weighted by Crippen LogP contribution is -2.32. The van der Waals surface area contributed by atoms with Crippen molar-refractivity contribution in [2.24, 2.45) is 0 Å². The van der Waals surface area contributed by atoms with Gasteiger partial charge in [0.15, 0.2) is 0 Å². The molecule has 2 amide bonds. The van der Waals surface area contributed by atoms with Gasteiger partial charge in [0.05, 0.1) is 11.3 Å². The van der Waals surface area contributed by atoms with E-state index in [2.05, 4.69) is 21.2 Å². The fourth-order valence-corrected chi connectivity index (χ4v) is 3.67. The molecule has 0 saturated carbocycles. The molecular formula is C24H19BrN2O2. The maximum atomic E-state index is 13.4. The second-order valence-corrected chi connectivity index (χ2v) is 7.95. The van der Waals surface area contributed by atoms with E-state index < -0.39 is 0 Å². The van der Waals surface area contributed by atoms with Gasteiger partial charge in [-0.25, -0.2) is 4.90 Å². The van der Waals surface area contributed by atoms with Gasteiger partial charge in [-0.1, -0.05) is 69.5 Å². The van der Waals surface area contributed by atoms with E-state index in [1.807, 2.05) is 74.5 Å². The molecule has 0 saturated heterocycles. The van der Waals surface area contributed by atoms with Crippen LogP contribution in [-0.4, -0.2) is 11.8 Å². The topological polar surface area (TPSA) is 49.4 Å². The number of rotatable bonds is 4. The summed E-state index contributed by atoms with van der Waals surface area (Å²) in [5.74, 6) is -0.699. The van der Waals surface area contributed by atoms with Crippen molar-refractivity contribution in [2.75, 3.05) is 10.2 Å². The summed E-state index contributed by atoms with van der Waals surface area (Å²) in [6, 6.07) is 22.5. The van der Waals surface area contributed by atoms with Gasteiger partial charge in [-0.2, -0.15) is 0 Å². The van der Waals surface area contributed by atoms with Crippen LogP contribution in [0.25, 0.3) is 5.57 Å². The second-order valence-electron chi connectivity index (χ2n) is 7.03. The summed E-state index contributed by atoms with van der Waals surface area (Å²) in [4.78, 5) is 27.9. The highest BCUT2D eigenvalue weighted by Crippen LogP contribution is 2.34. The van der Waals surface area contributed by atoms with Crippen LogP contribution in [0.15, 0.2) is 83.0 Å². The van der Waals surface area contributed by atoms with Crippen molar-refractivity contribution in [1.82, 2.24) is 0 Å². The number of nitrogens with one attached hydrogen (secondary N) is 1. The van der Waals surface area contributed by atoms with Crippen LogP contribution >= 0.6 is 15.9 Å². The van der Waals surface area contributed by atoms with Crippen LogP contribution in [-0.2, 0) is 9.59 Å². The molecule has 0 bridgehead atoms. The monoisotopic (exact) mass is 446 g/mol. The number of hydrogen-bond donors (Lipinski definition) is 1. The smallest absolute Gasteiger partial charge is 0.282 e. The average molecular weight is 447 g/mol. The molecule has 1 aliphatic rings. The van der Waals surface area contributed by atoms with Gasteiger partial charge in [0, 0.05) is 10.2 Å². The van der Waals surface area contributed by atoms with Gasteiger partial charge in [0.2, 0.25) is 0 Å². The molecule has 4 nitrogen and oxygen atoms in total. The maximum Gasteiger partial charge on any atom is 0.282 e. The predicted octanol–water partition coefficient (Wildman–Crippen LogP) is 5.46. The van der Waals surface area contributed by atoms with Crippen LogP contribution in [0.4, 0.5) is 11.4 Å². The van der Waals surface area contributed by atoms with Gasteiger partial charge >= 0.3 is 0 Å². The Hall–Kier alpha value is -3.18. The van der Waals surface area contributed by atoms with E-state index in [0.717, 1.165) is 21.3 Å². The maximum absolute atomic E-state index is 13.4. The molecule has 0 unspecified atom stereocenters. The van der Waals surface area contributed by atoms with Gasteiger partial charge < -0.3 is 5.32 Å². The molecule has 0 fully saturated rings. The normalized spacial score (nSPS) is 14.0. The van der Waals surface area contributed by atoms with Crippen molar-refractivity contribution < 1.29 is 9.59 Å². The lowest BCUT2D eigenvalue weighted by atomic mass is 10.0. The van der Waals surface area contributed by atoms with Crippen molar-refractivity contribution in [3.63, 3.8) is 0 Å². The molecule has 1 heterocycles. The largest absolute Gasteiger partial charge is 0.350 e. The van der Waals surface area contributed by atoms with Crippen LogP contribution in [0, 0.1) is 13.8 Å². The zero-order valence-electron chi connectivity index (χ0n) is 16.1. The lowest BCUT2D eigenvalue weighted by molar-refractivity contribution is -0.120. The number of benzene rings is 3. The van der Waals surface area contributed by atoms with Crippen molar-refractivity contribution in [2.45, 2.75) is 13.8 Å². The average Bonchev–Trinajstić information content (AvgIpc) is 2.93. The van der Waals surface area contributed by atoms with E-state index in [4.69, 9.17) is 0 Å². The fraction of sp³-hybridized carbons (Fsp3) is 0.0833. The number of anilines is 2. The summed E-state index contributed by atoms with van der Waals surface area (Å²) in [5.41, 5.74) is 4.79. The summed E-state index contributed by atoms with van der Waals surface area (Å²) in [6.45, 7) is 3.95. The Labute approximate surface area is 178 Å². The number of halogens is 1. The summed E-state index contributed by atoms with van der Waals surface area (Å²) in [6.07, 6.45) is 0. The Bertz CT molecular complexity index is 1130. The Morgan fingerprint density at radius 2 is 1.41 bits per heavy atom. The molecule has 0 radical (unpaired) electrons. The molecule has 29 heavy (non-hydrogen) atoms. The summed E-state index contributed by atoms with van der Waals surface area (Å²) >= 11 is 3.44. The van der Waals surface area contributed by atoms with Gasteiger partial charge in [-0.05, 0) is 49.7 Å². The highest BCUT2D eigenvalue weighted by molar-refractivity contribution is 9.10. The Balaban J connectivity index is 1.82. The molecule has 1 aliphatic heterocycles. The molecule has 4 rings (SSSR count). The van der Waals surface area contributed by atoms with Crippen molar-refractivity contribution in [3.05, 3.63) is 99.7 Å². The highest BCUT2D eigenvalue weighted by Gasteiger charge is 2.40. The van der Waals surface area contributed by atoms with E-state index in [-0.39, 0.29) is 17.5 Å². The Morgan fingerprint density at radius 3 is 2.03 bits per heavy atom. The number of amides is 2. The molecule has 0 aromatic heterocycles. The summed E-state index contributed by atoms with van der Waals surface area (Å²) in [7, 11) is 0. The minimum absolute atomic E-state index is 0.275. The lowest BCUT2D eigenvalue weighted by Gasteiger charge is -2.15. The summed E-state index contributed by atoms with van der Waals surface area (Å²) in [5, 5.41) is 3.17. The van der Waals surface area contributed by atoms with Crippen molar-refractivity contribution in [1.29, 1.82) is 0 Å². The molecule has 144 valence electrons. The van der Waals surface area contributed by atoms with Crippen LogP contribution in [0.3, 0.4) is 0 Å². The predicted molar refractivity (Wildman–Crippen MR) is 120 cm³/mol. The molecule has 3 aromatic carbocycles. The molecule has 3 aromatic rings. The first-order valence-electron chi connectivity index (χ1n) is 9.23. The second kappa shape index (κ2) is 7.68. The number of hydrogen-bond acceptors (Lipinski definition) is 3. The van der Waals surface area contributed by atoms with E-state index >= 15 is 0 Å². The van der Waals surface area contributed by atoms with Gasteiger partial charge in [0.25, 0.3) is 11.8 Å². The number of aryl methyl sites for hydroxylation is 2. The standard InChI is InChI=1S/C24H19BrN2O2/c1-15-6-10-17(11-7-15)21-22(26-19-5-3-4-18(25)14-19)24(29)27(23(21)28)20-12-8-16(2)9-13-20/h3-14,26H,1-2H3. The molecule has 0 aliphatic carbocycles. The zero-order chi connectivity index (χ0) is 20.5. The van der Waals surface area contributed by atoms with Crippen molar-refractivity contribution in [3.8, 4) is 0 Å². The first-order chi connectivity index (χ1) is 13.9. The highest BCUT2D eigenvalue weighted by atomic mass is 79.9. The quantitative estimate of drug-likeness (QED) is 0.541. The molecular weight excluding hydrogens is 428 g/mol. The number of nitrogens with zero attached hydrogens (tertiary/aromatic N) is 1. The van der Waals surface area contributed by atoms with Crippen LogP contribution in [0.5, 0.6) is 0 Å². The SMILES string of the molecule is Cc1ccc(C2=C(Nc3cccc(Br)c3)C(=O)N(c3ccc(C)cc3)C2=O)cc1. The van der Waals surface area contributed by atoms with Crippen molar-refractivity contribution >= 4 is 44.7 Å². The van der Waals surface area contributed by atoms with E-state index in [1.165, 1.54) is 4.90 Å². The van der Waals surface area contributed by atoms with Gasteiger partial charge in [-0.3, -0.25) is 9.59 Å². The fourth-order valence-electron chi connectivity index (χ4n) is 3.27. The van der Waals surface area contributed by atoms with Crippen LogP contribution in [0.2, 0.25) is 0 Å².